The SMILES string of the molecule is C[C@@H](OC(=O)C1=NN(C)C(=O)CC1)C(=O)Nc1cccc(F)c1. The van der Waals surface area contributed by atoms with Crippen LogP contribution >= 0.6 is 0 Å². The molecule has 0 fully saturated rings. The smallest absolute Gasteiger partial charge is 0.355 e. The molecule has 2 amide bonds. The third kappa shape index (κ3) is 4.35. The molecular formula is C15H16FN3O4. The number of nitrogens with zero attached hydrogens (tertiary/aromatic N) is 2. The van der Waals surface area contributed by atoms with E-state index in [2.05, 4.69) is 10.4 Å². The lowest BCUT2D eigenvalue weighted by Gasteiger charge is -2.20. The molecule has 1 aromatic carbocycles. The molecule has 0 aliphatic carbocycles. The highest BCUT2D eigenvalue weighted by molar-refractivity contribution is 6.37. The van der Waals surface area contributed by atoms with Gasteiger partial charge in [0, 0.05) is 25.6 Å². The summed E-state index contributed by atoms with van der Waals surface area (Å²) in [5, 5.41) is 7.33. The lowest BCUT2D eigenvalue weighted by atomic mass is 10.2. The van der Waals surface area contributed by atoms with E-state index in [9.17, 15) is 18.8 Å². The van der Waals surface area contributed by atoms with Crippen LogP contribution in [-0.4, -0.2) is 41.7 Å². The van der Waals surface area contributed by atoms with Crippen molar-refractivity contribution in [2.75, 3.05) is 12.4 Å². The Bertz CT molecular complexity index is 674. The van der Waals surface area contributed by atoms with Crippen LogP contribution in [0.15, 0.2) is 29.4 Å². The van der Waals surface area contributed by atoms with E-state index in [1.807, 2.05) is 0 Å². The first-order valence-corrected chi connectivity index (χ1v) is 6.98. The van der Waals surface area contributed by atoms with E-state index in [-0.39, 0.29) is 30.1 Å². The number of ether oxygens (including phenoxy) is 1. The van der Waals surface area contributed by atoms with Gasteiger partial charge in [-0.05, 0) is 25.1 Å². The lowest BCUT2D eigenvalue weighted by Crippen LogP contribution is -2.36. The molecular weight excluding hydrogens is 305 g/mol. The fourth-order valence-electron chi connectivity index (χ4n) is 1.91. The molecule has 0 saturated heterocycles. The van der Waals surface area contributed by atoms with Gasteiger partial charge in [0.1, 0.15) is 11.5 Å². The van der Waals surface area contributed by atoms with Crippen LogP contribution in [0.4, 0.5) is 10.1 Å². The minimum Gasteiger partial charge on any atom is -0.448 e. The fraction of sp³-hybridized carbons (Fsp3) is 0.333. The second-order valence-corrected chi connectivity index (χ2v) is 5.01. The molecule has 122 valence electrons. The Morgan fingerprint density at radius 1 is 1.39 bits per heavy atom. The van der Waals surface area contributed by atoms with Crippen molar-refractivity contribution in [1.29, 1.82) is 0 Å². The molecule has 8 heteroatoms. The molecule has 1 aliphatic rings. The number of esters is 1. The molecule has 0 radical (unpaired) electrons. The monoisotopic (exact) mass is 321 g/mol. The minimum absolute atomic E-state index is 0.0810. The number of hydrazone groups is 1. The average molecular weight is 321 g/mol. The predicted octanol–water partition coefficient (Wildman–Crippen LogP) is 1.30. The third-order valence-electron chi connectivity index (χ3n) is 3.19. The summed E-state index contributed by atoms with van der Waals surface area (Å²) < 4.78 is 18.1. The summed E-state index contributed by atoms with van der Waals surface area (Å²) in [6.45, 7) is 1.39. The van der Waals surface area contributed by atoms with Gasteiger partial charge >= 0.3 is 5.97 Å². The number of anilines is 1. The molecule has 0 saturated carbocycles. The van der Waals surface area contributed by atoms with Crippen molar-refractivity contribution in [3.63, 3.8) is 0 Å². The van der Waals surface area contributed by atoms with Crippen LogP contribution in [-0.2, 0) is 19.1 Å². The first kappa shape index (κ1) is 16.6. The van der Waals surface area contributed by atoms with Crippen molar-refractivity contribution in [2.24, 2.45) is 5.10 Å². The zero-order valence-corrected chi connectivity index (χ0v) is 12.7. The molecule has 1 atom stereocenters. The Labute approximate surface area is 132 Å². The van der Waals surface area contributed by atoms with E-state index in [1.54, 1.807) is 0 Å². The molecule has 1 aromatic rings. The van der Waals surface area contributed by atoms with Crippen molar-refractivity contribution in [3.8, 4) is 0 Å². The van der Waals surface area contributed by atoms with Crippen molar-refractivity contribution < 1.29 is 23.5 Å². The highest BCUT2D eigenvalue weighted by Crippen LogP contribution is 2.12. The molecule has 7 nitrogen and oxygen atoms in total. The molecule has 2 rings (SSSR count). The standard InChI is InChI=1S/C15H16FN3O4/c1-9(14(21)17-11-5-3-4-10(16)8-11)23-15(22)12-6-7-13(20)19(2)18-12/h3-5,8-9H,6-7H2,1-2H3,(H,17,21)/t9-/m1/s1. The quantitative estimate of drug-likeness (QED) is 0.847. The van der Waals surface area contributed by atoms with Crippen LogP contribution in [0.3, 0.4) is 0 Å². The van der Waals surface area contributed by atoms with Crippen LogP contribution in [0.5, 0.6) is 0 Å². The van der Waals surface area contributed by atoms with Crippen LogP contribution < -0.4 is 5.32 Å². The Kier molecular flexibility index (Phi) is 5.05. The van der Waals surface area contributed by atoms with E-state index < -0.39 is 23.8 Å². The molecule has 1 heterocycles. The van der Waals surface area contributed by atoms with Crippen molar-refractivity contribution in [3.05, 3.63) is 30.1 Å². The van der Waals surface area contributed by atoms with Gasteiger partial charge in [-0.2, -0.15) is 5.10 Å². The minimum atomic E-state index is -1.09. The summed E-state index contributed by atoms with van der Waals surface area (Å²) in [6.07, 6.45) is -0.759. The van der Waals surface area contributed by atoms with Crippen LogP contribution in [0.2, 0.25) is 0 Å². The zero-order chi connectivity index (χ0) is 17.0. The summed E-state index contributed by atoms with van der Waals surface area (Å²) in [6, 6.07) is 5.36. The zero-order valence-electron chi connectivity index (χ0n) is 12.7. The first-order chi connectivity index (χ1) is 10.9. The molecule has 0 aromatic heterocycles. The number of amides is 2. The number of carbonyl (C=O) groups excluding carboxylic acids is 3. The Morgan fingerprint density at radius 2 is 2.13 bits per heavy atom. The van der Waals surface area contributed by atoms with Gasteiger partial charge in [0.25, 0.3) is 5.91 Å². The number of rotatable bonds is 4. The maximum Gasteiger partial charge on any atom is 0.355 e. The first-order valence-electron chi connectivity index (χ1n) is 6.98. The van der Waals surface area contributed by atoms with Crippen LogP contribution in [0.25, 0.3) is 0 Å². The molecule has 0 bridgehead atoms. The fourth-order valence-corrected chi connectivity index (χ4v) is 1.91. The Balaban J connectivity index is 1.94. The van der Waals surface area contributed by atoms with E-state index in [0.717, 1.165) is 11.1 Å². The largest absolute Gasteiger partial charge is 0.448 e. The summed E-state index contributed by atoms with van der Waals surface area (Å²) in [5.74, 6) is -2.04. The van der Waals surface area contributed by atoms with Gasteiger partial charge in [-0.1, -0.05) is 6.07 Å². The number of hydrogen-bond acceptors (Lipinski definition) is 5. The Hall–Kier alpha value is -2.77. The van der Waals surface area contributed by atoms with Gasteiger partial charge in [0.2, 0.25) is 5.91 Å². The maximum absolute atomic E-state index is 13.1. The summed E-state index contributed by atoms with van der Waals surface area (Å²) in [7, 11) is 1.44. The van der Waals surface area contributed by atoms with Crippen molar-refractivity contribution in [2.45, 2.75) is 25.9 Å². The normalized spacial score (nSPS) is 15.7. The van der Waals surface area contributed by atoms with Gasteiger partial charge < -0.3 is 10.1 Å². The average Bonchev–Trinajstić information content (AvgIpc) is 2.49. The number of benzene rings is 1. The predicted molar refractivity (Wildman–Crippen MR) is 80.0 cm³/mol. The highest BCUT2D eigenvalue weighted by atomic mass is 19.1. The molecule has 1 aliphatic heterocycles. The topological polar surface area (TPSA) is 88.1 Å². The lowest BCUT2D eigenvalue weighted by molar-refractivity contribution is -0.146. The number of hydrogen-bond donors (Lipinski definition) is 1. The second kappa shape index (κ2) is 6.99. The summed E-state index contributed by atoms with van der Waals surface area (Å²) >= 11 is 0. The molecule has 1 N–H and O–H groups in total. The van der Waals surface area contributed by atoms with Crippen molar-refractivity contribution >= 4 is 29.2 Å². The van der Waals surface area contributed by atoms with Crippen molar-refractivity contribution in [1.82, 2.24) is 5.01 Å². The third-order valence-corrected chi connectivity index (χ3v) is 3.19. The van der Waals surface area contributed by atoms with E-state index in [4.69, 9.17) is 4.74 Å². The van der Waals surface area contributed by atoms with E-state index >= 15 is 0 Å². The van der Waals surface area contributed by atoms with E-state index in [1.165, 1.54) is 32.2 Å². The van der Waals surface area contributed by atoms with Gasteiger partial charge in [0.05, 0.1) is 0 Å². The van der Waals surface area contributed by atoms with Crippen LogP contribution in [0, 0.1) is 5.82 Å². The summed E-state index contributed by atoms with van der Waals surface area (Å²) in [5.41, 5.74) is 0.343. The van der Waals surface area contributed by atoms with Gasteiger partial charge in [0.15, 0.2) is 6.10 Å². The number of carbonyl (C=O) groups is 3. The number of halogens is 1. The molecule has 0 spiro atoms. The maximum atomic E-state index is 13.1. The Morgan fingerprint density at radius 3 is 2.78 bits per heavy atom. The van der Waals surface area contributed by atoms with Crippen LogP contribution in [0.1, 0.15) is 19.8 Å². The van der Waals surface area contributed by atoms with E-state index in [0.29, 0.717) is 0 Å². The highest BCUT2D eigenvalue weighted by Gasteiger charge is 2.26. The summed E-state index contributed by atoms with van der Waals surface area (Å²) in [4.78, 5) is 35.2. The van der Waals surface area contributed by atoms with Gasteiger partial charge in [-0.25, -0.2) is 14.2 Å². The number of nitrogens with one attached hydrogen (secondary N) is 1. The van der Waals surface area contributed by atoms with Gasteiger partial charge in [-0.15, -0.1) is 0 Å². The van der Waals surface area contributed by atoms with Gasteiger partial charge in [-0.3, -0.25) is 9.59 Å². The molecule has 0 unspecified atom stereocenters. The molecule has 23 heavy (non-hydrogen) atoms. The second-order valence-electron chi connectivity index (χ2n) is 5.01.